The topological polar surface area (TPSA) is 115 Å². The lowest BCUT2D eigenvalue weighted by molar-refractivity contribution is 0.320. The van der Waals surface area contributed by atoms with Gasteiger partial charge in [0.05, 0.1) is 38.7 Å². The minimum atomic E-state index is 0.276. The van der Waals surface area contributed by atoms with Crippen LogP contribution in [0.1, 0.15) is 0 Å². The molecule has 2 aromatic carbocycles. The highest BCUT2D eigenvalue weighted by Crippen LogP contribution is 2.41. The molecule has 1 aromatic heterocycles. The maximum atomic E-state index is 5.95. The van der Waals surface area contributed by atoms with Crippen molar-refractivity contribution in [3.63, 3.8) is 0 Å². The van der Waals surface area contributed by atoms with Crippen molar-refractivity contribution < 1.29 is 18.9 Å². The molecule has 0 aliphatic heterocycles. The Labute approximate surface area is 144 Å². The number of nitrogens with zero attached hydrogens (tertiary/aromatic N) is 2. The molecule has 0 saturated heterocycles. The van der Waals surface area contributed by atoms with Crippen molar-refractivity contribution in [3.05, 3.63) is 30.5 Å². The van der Waals surface area contributed by atoms with Crippen molar-refractivity contribution in [3.8, 4) is 28.9 Å². The Hall–Kier alpha value is -3.42. The van der Waals surface area contributed by atoms with E-state index in [2.05, 4.69) is 9.97 Å². The molecule has 0 aliphatic carbocycles. The number of nitrogen functional groups attached to an aromatic ring is 2. The number of methoxy groups -OCH3 is 3. The van der Waals surface area contributed by atoms with Gasteiger partial charge in [-0.3, -0.25) is 0 Å². The summed E-state index contributed by atoms with van der Waals surface area (Å²) in [5, 5.41) is 0. The summed E-state index contributed by atoms with van der Waals surface area (Å²) >= 11 is 0. The first-order valence-electron chi connectivity index (χ1n) is 7.35. The third-order valence-electron chi connectivity index (χ3n) is 3.54. The molecule has 0 saturated carbocycles. The summed E-state index contributed by atoms with van der Waals surface area (Å²) in [4.78, 5) is 8.67. The lowest BCUT2D eigenvalue weighted by atomic mass is 10.2. The van der Waals surface area contributed by atoms with Crippen LogP contribution in [0.5, 0.6) is 28.9 Å². The van der Waals surface area contributed by atoms with Gasteiger partial charge in [0.1, 0.15) is 11.3 Å². The molecule has 0 radical (unpaired) electrons. The highest BCUT2D eigenvalue weighted by atomic mass is 16.5. The van der Waals surface area contributed by atoms with Crippen molar-refractivity contribution in [2.24, 2.45) is 0 Å². The van der Waals surface area contributed by atoms with E-state index in [4.69, 9.17) is 30.4 Å². The predicted molar refractivity (Wildman–Crippen MR) is 94.5 cm³/mol. The quantitative estimate of drug-likeness (QED) is 0.680. The summed E-state index contributed by atoms with van der Waals surface area (Å²) in [5.74, 6) is 2.15. The molecule has 0 atom stereocenters. The van der Waals surface area contributed by atoms with E-state index >= 15 is 0 Å². The van der Waals surface area contributed by atoms with Crippen LogP contribution in [0, 0.1) is 0 Å². The van der Waals surface area contributed by atoms with E-state index in [0.29, 0.717) is 45.4 Å². The number of nitrogens with two attached hydrogens (primary N) is 2. The zero-order chi connectivity index (χ0) is 18.0. The summed E-state index contributed by atoms with van der Waals surface area (Å²) in [6.45, 7) is 0. The van der Waals surface area contributed by atoms with Gasteiger partial charge in [-0.2, -0.15) is 0 Å². The highest BCUT2D eigenvalue weighted by Gasteiger charge is 2.15. The van der Waals surface area contributed by atoms with Crippen LogP contribution in [0.3, 0.4) is 0 Å². The largest absolute Gasteiger partial charge is 0.493 e. The Morgan fingerprint density at radius 1 is 0.880 bits per heavy atom. The molecule has 0 fully saturated rings. The molecule has 0 amide bonds. The van der Waals surface area contributed by atoms with E-state index in [1.54, 1.807) is 24.3 Å². The Balaban J connectivity index is 2.01. The normalized spacial score (nSPS) is 10.5. The van der Waals surface area contributed by atoms with Crippen LogP contribution in [0.15, 0.2) is 30.5 Å². The molecule has 0 unspecified atom stereocenters. The molecule has 0 spiro atoms. The van der Waals surface area contributed by atoms with Crippen molar-refractivity contribution in [1.29, 1.82) is 0 Å². The molecule has 0 bridgehead atoms. The molecule has 4 N–H and O–H groups in total. The molecule has 0 aliphatic rings. The number of benzene rings is 2. The van der Waals surface area contributed by atoms with Gasteiger partial charge < -0.3 is 30.4 Å². The van der Waals surface area contributed by atoms with Gasteiger partial charge in [-0.25, -0.2) is 9.97 Å². The fourth-order valence-corrected chi connectivity index (χ4v) is 2.43. The Morgan fingerprint density at radius 3 is 2.16 bits per heavy atom. The minimum Gasteiger partial charge on any atom is -0.493 e. The van der Waals surface area contributed by atoms with E-state index in [-0.39, 0.29) is 5.88 Å². The van der Waals surface area contributed by atoms with Gasteiger partial charge in [-0.15, -0.1) is 0 Å². The second-order valence-corrected chi connectivity index (χ2v) is 5.15. The second-order valence-electron chi connectivity index (χ2n) is 5.15. The standard InChI is InChI=1S/C17H18N4O4/c1-22-13-6-10(7-14(23-2)17(13)24-3)25-15-8-20-12-5-9(18)4-11(19)16(12)21-15/h4-8H,18-19H2,1-3H3. The van der Waals surface area contributed by atoms with E-state index < -0.39 is 0 Å². The van der Waals surface area contributed by atoms with Gasteiger partial charge in [0.2, 0.25) is 11.6 Å². The average molecular weight is 342 g/mol. The molecular formula is C17H18N4O4. The summed E-state index contributed by atoms with van der Waals surface area (Å²) in [5.41, 5.74) is 13.8. The fourth-order valence-electron chi connectivity index (χ4n) is 2.43. The lowest BCUT2D eigenvalue weighted by Gasteiger charge is -2.14. The van der Waals surface area contributed by atoms with Crippen LogP contribution >= 0.6 is 0 Å². The molecular weight excluding hydrogens is 324 g/mol. The monoisotopic (exact) mass is 342 g/mol. The average Bonchev–Trinajstić information content (AvgIpc) is 2.61. The second kappa shape index (κ2) is 6.60. The van der Waals surface area contributed by atoms with E-state index in [1.807, 2.05) is 0 Å². The van der Waals surface area contributed by atoms with Gasteiger partial charge in [0, 0.05) is 17.8 Å². The van der Waals surface area contributed by atoms with E-state index in [9.17, 15) is 0 Å². The molecule has 25 heavy (non-hydrogen) atoms. The van der Waals surface area contributed by atoms with Gasteiger partial charge in [0.25, 0.3) is 0 Å². The minimum absolute atomic E-state index is 0.276. The maximum absolute atomic E-state index is 5.95. The molecule has 3 rings (SSSR count). The first kappa shape index (κ1) is 16.4. The number of hydrogen-bond donors (Lipinski definition) is 2. The van der Waals surface area contributed by atoms with Crippen molar-refractivity contribution in [1.82, 2.24) is 9.97 Å². The number of hydrogen-bond acceptors (Lipinski definition) is 8. The van der Waals surface area contributed by atoms with Crippen LogP contribution in [0.2, 0.25) is 0 Å². The Bertz CT molecular complexity index is 905. The van der Waals surface area contributed by atoms with Crippen LogP contribution in [0.4, 0.5) is 11.4 Å². The lowest BCUT2D eigenvalue weighted by Crippen LogP contribution is -1.98. The summed E-state index contributed by atoms with van der Waals surface area (Å²) in [6, 6.07) is 6.65. The zero-order valence-electron chi connectivity index (χ0n) is 14.1. The number of ether oxygens (including phenoxy) is 4. The summed E-state index contributed by atoms with van der Waals surface area (Å²) in [6.07, 6.45) is 1.49. The molecule has 130 valence electrons. The third-order valence-corrected chi connectivity index (χ3v) is 3.54. The molecule has 3 aromatic rings. The van der Waals surface area contributed by atoms with Gasteiger partial charge in [-0.05, 0) is 12.1 Å². The Morgan fingerprint density at radius 2 is 1.56 bits per heavy atom. The highest BCUT2D eigenvalue weighted by molar-refractivity contribution is 5.89. The SMILES string of the molecule is COc1cc(Oc2cnc3cc(N)cc(N)c3n2)cc(OC)c1OC. The zero-order valence-corrected chi connectivity index (χ0v) is 14.1. The maximum Gasteiger partial charge on any atom is 0.238 e. The van der Waals surface area contributed by atoms with Gasteiger partial charge in [0.15, 0.2) is 11.5 Å². The van der Waals surface area contributed by atoms with Crippen LogP contribution in [-0.2, 0) is 0 Å². The first-order valence-corrected chi connectivity index (χ1v) is 7.35. The van der Waals surface area contributed by atoms with Gasteiger partial charge in [-0.1, -0.05) is 0 Å². The first-order chi connectivity index (χ1) is 12.0. The van der Waals surface area contributed by atoms with Crippen molar-refractivity contribution >= 4 is 22.4 Å². The van der Waals surface area contributed by atoms with Crippen LogP contribution in [0.25, 0.3) is 11.0 Å². The Kier molecular flexibility index (Phi) is 4.34. The van der Waals surface area contributed by atoms with Crippen molar-refractivity contribution in [2.75, 3.05) is 32.8 Å². The smallest absolute Gasteiger partial charge is 0.238 e. The number of rotatable bonds is 5. The molecule has 8 nitrogen and oxygen atoms in total. The third kappa shape index (κ3) is 3.14. The van der Waals surface area contributed by atoms with Gasteiger partial charge >= 0.3 is 0 Å². The molecule has 8 heteroatoms. The predicted octanol–water partition coefficient (Wildman–Crippen LogP) is 2.61. The summed E-state index contributed by atoms with van der Waals surface area (Å²) < 4.78 is 21.7. The number of anilines is 2. The van der Waals surface area contributed by atoms with Crippen LogP contribution < -0.4 is 30.4 Å². The van der Waals surface area contributed by atoms with Crippen molar-refractivity contribution in [2.45, 2.75) is 0 Å². The fraction of sp³-hybridized carbons (Fsp3) is 0.176. The molecule has 1 heterocycles. The van der Waals surface area contributed by atoms with E-state index in [0.717, 1.165) is 0 Å². The summed E-state index contributed by atoms with van der Waals surface area (Å²) in [7, 11) is 4.59. The van der Waals surface area contributed by atoms with E-state index in [1.165, 1.54) is 27.5 Å². The van der Waals surface area contributed by atoms with Crippen LogP contribution in [-0.4, -0.2) is 31.3 Å². The number of aromatic nitrogens is 2. The number of fused-ring (bicyclic) bond motifs is 1.